The average molecular weight is 392 g/mol. The molecule has 0 aliphatic carbocycles. The van der Waals surface area contributed by atoms with Crippen LogP contribution in [0.5, 0.6) is 0 Å². The summed E-state index contributed by atoms with van der Waals surface area (Å²) in [6.07, 6.45) is 1.54. The van der Waals surface area contributed by atoms with Crippen LogP contribution in [0.15, 0.2) is 60.8 Å². The SMILES string of the molecule is CCN(CC)c1ccc(Nc2ccc(NC(=O)c3ccccc3F)cn2)c(C)c1. The highest BCUT2D eigenvalue weighted by Crippen LogP contribution is 2.25. The summed E-state index contributed by atoms with van der Waals surface area (Å²) in [5, 5.41) is 5.95. The highest BCUT2D eigenvalue weighted by molar-refractivity contribution is 6.04. The van der Waals surface area contributed by atoms with Gasteiger partial charge in [-0.15, -0.1) is 0 Å². The Morgan fingerprint density at radius 2 is 1.83 bits per heavy atom. The third-order valence-electron chi connectivity index (χ3n) is 4.74. The minimum atomic E-state index is -0.556. The van der Waals surface area contributed by atoms with Crippen molar-refractivity contribution >= 4 is 28.8 Å². The zero-order chi connectivity index (χ0) is 20.8. The highest BCUT2D eigenvalue weighted by atomic mass is 19.1. The topological polar surface area (TPSA) is 57.3 Å². The van der Waals surface area contributed by atoms with Gasteiger partial charge in [0.2, 0.25) is 0 Å². The molecule has 0 bridgehead atoms. The van der Waals surface area contributed by atoms with Crippen molar-refractivity contribution in [2.75, 3.05) is 28.6 Å². The minimum absolute atomic E-state index is 0.00128. The van der Waals surface area contributed by atoms with Crippen molar-refractivity contribution in [3.63, 3.8) is 0 Å². The molecule has 0 saturated carbocycles. The van der Waals surface area contributed by atoms with Gasteiger partial charge in [-0.25, -0.2) is 9.37 Å². The fourth-order valence-corrected chi connectivity index (χ4v) is 3.10. The number of anilines is 4. The van der Waals surface area contributed by atoms with Gasteiger partial charge < -0.3 is 15.5 Å². The lowest BCUT2D eigenvalue weighted by molar-refractivity contribution is 0.102. The van der Waals surface area contributed by atoms with Crippen molar-refractivity contribution in [3.8, 4) is 0 Å². The summed E-state index contributed by atoms with van der Waals surface area (Å²) in [6, 6.07) is 15.7. The average Bonchev–Trinajstić information content (AvgIpc) is 2.72. The molecule has 5 nitrogen and oxygen atoms in total. The van der Waals surface area contributed by atoms with E-state index in [0.717, 1.165) is 24.3 Å². The van der Waals surface area contributed by atoms with Crippen LogP contribution in [0.3, 0.4) is 0 Å². The fourth-order valence-electron chi connectivity index (χ4n) is 3.10. The number of nitrogens with one attached hydrogen (secondary N) is 2. The number of pyridine rings is 1. The molecule has 3 rings (SSSR count). The lowest BCUT2D eigenvalue weighted by Crippen LogP contribution is -2.21. The van der Waals surface area contributed by atoms with Gasteiger partial charge in [-0.3, -0.25) is 4.79 Å². The largest absolute Gasteiger partial charge is 0.372 e. The van der Waals surface area contributed by atoms with Crippen molar-refractivity contribution < 1.29 is 9.18 Å². The number of halogens is 1. The predicted molar refractivity (Wildman–Crippen MR) is 117 cm³/mol. The van der Waals surface area contributed by atoms with Crippen LogP contribution in [-0.2, 0) is 0 Å². The van der Waals surface area contributed by atoms with Gasteiger partial charge in [-0.05, 0) is 68.8 Å². The third-order valence-corrected chi connectivity index (χ3v) is 4.74. The van der Waals surface area contributed by atoms with E-state index in [1.54, 1.807) is 30.5 Å². The van der Waals surface area contributed by atoms with E-state index in [1.165, 1.54) is 17.8 Å². The molecule has 2 aromatic carbocycles. The predicted octanol–water partition coefficient (Wildman–Crippen LogP) is 5.37. The van der Waals surface area contributed by atoms with Crippen molar-refractivity contribution in [1.82, 2.24) is 4.98 Å². The molecule has 0 spiro atoms. The molecular formula is C23H25FN4O. The number of hydrogen-bond donors (Lipinski definition) is 2. The van der Waals surface area contributed by atoms with E-state index in [1.807, 2.05) is 6.07 Å². The molecule has 1 amide bonds. The zero-order valence-corrected chi connectivity index (χ0v) is 16.9. The van der Waals surface area contributed by atoms with Crippen LogP contribution in [0.4, 0.5) is 27.3 Å². The number of aromatic nitrogens is 1. The first kappa shape index (κ1) is 20.3. The fraction of sp³-hybridized carbons (Fsp3) is 0.217. The quantitative estimate of drug-likeness (QED) is 0.567. The molecule has 0 atom stereocenters. The molecule has 0 fully saturated rings. The van der Waals surface area contributed by atoms with E-state index in [2.05, 4.69) is 53.4 Å². The van der Waals surface area contributed by atoms with Crippen molar-refractivity contribution in [3.05, 3.63) is 77.7 Å². The standard InChI is InChI=1S/C23H25FN4O/c1-4-28(5-2)18-11-12-21(16(3)14-18)27-22-13-10-17(15-25-22)26-23(29)19-8-6-7-9-20(19)24/h6-15H,4-5H2,1-3H3,(H,25,27)(H,26,29). The number of benzene rings is 2. The summed E-state index contributed by atoms with van der Waals surface area (Å²) >= 11 is 0. The Kier molecular flexibility index (Phi) is 6.44. The van der Waals surface area contributed by atoms with Crippen LogP contribution in [-0.4, -0.2) is 24.0 Å². The Morgan fingerprint density at radius 1 is 1.07 bits per heavy atom. The summed E-state index contributed by atoms with van der Waals surface area (Å²) in [5.74, 6) is -0.402. The Balaban J connectivity index is 1.68. The molecule has 150 valence electrons. The van der Waals surface area contributed by atoms with Crippen molar-refractivity contribution in [1.29, 1.82) is 0 Å². The Labute approximate surface area is 170 Å². The van der Waals surface area contributed by atoms with Gasteiger partial charge in [0.15, 0.2) is 0 Å². The maximum atomic E-state index is 13.7. The molecule has 0 aliphatic heterocycles. The van der Waals surface area contributed by atoms with E-state index in [4.69, 9.17) is 0 Å². The van der Waals surface area contributed by atoms with Gasteiger partial charge in [0, 0.05) is 24.5 Å². The summed E-state index contributed by atoms with van der Waals surface area (Å²) in [6.45, 7) is 8.26. The second-order valence-electron chi connectivity index (χ2n) is 6.66. The van der Waals surface area contributed by atoms with E-state index >= 15 is 0 Å². The first-order valence-corrected chi connectivity index (χ1v) is 9.66. The van der Waals surface area contributed by atoms with Crippen LogP contribution in [0.25, 0.3) is 0 Å². The summed E-state index contributed by atoms with van der Waals surface area (Å²) in [5.41, 5.74) is 3.78. The maximum absolute atomic E-state index is 13.7. The van der Waals surface area contributed by atoms with Crippen LogP contribution >= 0.6 is 0 Å². The molecule has 2 N–H and O–H groups in total. The molecule has 0 saturated heterocycles. The molecule has 0 radical (unpaired) electrons. The van der Waals surface area contributed by atoms with Crippen LogP contribution in [0, 0.1) is 12.7 Å². The smallest absolute Gasteiger partial charge is 0.258 e. The van der Waals surface area contributed by atoms with E-state index in [-0.39, 0.29) is 5.56 Å². The number of carbonyl (C=O) groups is 1. The molecule has 0 unspecified atom stereocenters. The van der Waals surface area contributed by atoms with Crippen LogP contribution in [0.1, 0.15) is 29.8 Å². The number of nitrogens with zero attached hydrogens (tertiary/aromatic N) is 2. The first-order valence-electron chi connectivity index (χ1n) is 9.66. The van der Waals surface area contributed by atoms with Gasteiger partial charge in [-0.1, -0.05) is 12.1 Å². The number of amides is 1. The highest BCUT2D eigenvalue weighted by Gasteiger charge is 2.11. The van der Waals surface area contributed by atoms with Crippen LogP contribution < -0.4 is 15.5 Å². The second kappa shape index (κ2) is 9.19. The van der Waals surface area contributed by atoms with Gasteiger partial charge >= 0.3 is 0 Å². The molecule has 6 heteroatoms. The van der Waals surface area contributed by atoms with Crippen molar-refractivity contribution in [2.45, 2.75) is 20.8 Å². The molecule has 0 aliphatic rings. The Morgan fingerprint density at radius 3 is 2.45 bits per heavy atom. The lowest BCUT2D eigenvalue weighted by atomic mass is 10.1. The van der Waals surface area contributed by atoms with Crippen LogP contribution in [0.2, 0.25) is 0 Å². The van der Waals surface area contributed by atoms with Gasteiger partial charge in [0.1, 0.15) is 11.6 Å². The van der Waals surface area contributed by atoms with Crippen molar-refractivity contribution in [2.24, 2.45) is 0 Å². The first-order chi connectivity index (χ1) is 14.0. The van der Waals surface area contributed by atoms with Gasteiger partial charge in [-0.2, -0.15) is 0 Å². The minimum Gasteiger partial charge on any atom is -0.372 e. The van der Waals surface area contributed by atoms with Gasteiger partial charge in [0.05, 0.1) is 17.4 Å². The van der Waals surface area contributed by atoms with E-state index in [0.29, 0.717) is 11.5 Å². The summed E-state index contributed by atoms with van der Waals surface area (Å²) in [4.78, 5) is 18.8. The van der Waals surface area contributed by atoms with E-state index in [9.17, 15) is 9.18 Å². The number of rotatable bonds is 7. The molecular weight excluding hydrogens is 367 g/mol. The lowest BCUT2D eigenvalue weighted by Gasteiger charge is -2.22. The summed E-state index contributed by atoms with van der Waals surface area (Å²) in [7, 11) is 0. The van der Waals surface area contributed by atoms with Gasteiger partial charge in [0.25, 0.3) is 5.91 Å². The molecule has 29 heavy (non-hydrogen) atoms. The molecule has 1 heterocycles. The second-order valence-corrected chi connectivity index (χ2v) is 6.66. The zero-order valence-electron chi connectivity index (χ0n) is 16.9. The Bertz CT molecular complexity index is 984. The summed E-state index contributed by atoms with van der Waals surface area (Å²) < 4.78 is 13.7. The monoisotopic (exact) mass is 392 g/mol. The van der Waals surface area contributed by atoms with E-state index < -0.39 is 11.7 Å². The normalized spacial score (nSPS) is 10.5. The Hall–Kier alpha value is -3.41. The number of carbonyl (C=O) groups excluding carboxylic acids is 1. The molecule has 3 aromatic rings. The maximum Gasteiger partial charge on any atom is 0.258 e. The third kappa shape index (κ3) is 4.90. The molecule has 1 aromatic heterocycles. The number of hydrogen-bond acceptors (Lipinski definition) is 4. The number of aryl methyl sites for hydroxylation is 1.